The first-order chi connectivity index (χ1) is 12.2. The molecule has 3 heterocycles. The molecule has 0 spiro atoms. The third kappa shape index (κ3) is 2.90. The van der Waals surface area contributed by atoms with Crippen molar-refractivity contribution in [2.45, 2.75) is 5.37 Å². The molecule has 0 aromatic carbocycles. The number of allylic oxidation sites excluding steroid dienone is 1. The fourth-order valence-corrected chi connectivity index (χ4v) is 4.71. The lowest BCUT2D eigenvalue weighted by atomic mass is 10.0. The number of amides is 1. The van der Waals surface area contributed by atoms with Crippen LogP contribution >= 0.6 is 0 Å². The van der Waals surface area contributed by atoms with E-state index in [1.165, 1.54) is 12.3 Å². The Morgan fingerprint density at radius 3 is 2.58 bits per heavy atom. The second-order valence-corrected chi connectivity index (χ2v) is 7.60. The molecule has 26 heavy (non-hydrogen) atoms. The van der Waals surface area contributed by atoms with E-state index in [0.29, 0.717) is 16.7 Å². The van der Waals surface area contributed by atoms with Gasteiger partial charge in [-0.15, -0.1) is 0 Å². The smallest absolute Gasteiger partial charge is 0.352 e. The Kier molecular flexibility index (Phi) is 4.20. The van der Waals surface area contributed by atoms with Crippen molar-refractivity contribution in [2.75, 3.05) is 5.75 Å². The van der Waals surface area contributed by atoms with Gasteiger partial charge in [0, 0.05) is 12.3 Å². The van der Waals surface area contributed by atoms with Crippen LogP contribution in [0.1, 0.15) is 5.69 Å². The number of hydrogen-bond donors (Lipinski definition) is 2. The van der Waals surface area contributed by atoms with E-state index >= 15 is 0 Å². The first kappa shape index (κ1) is 17.5. The molecule has 1 aromatic rings. The van der Waals surface area contributed by atoms with Crippen LogP contribution in [0.4, 0.5) is 0 Å². The largest absolute Gasteiger partial charge is 0.478 e. The number of aromatic nitrogens is 1. The van der Waals surface area contributed by atoms with E-state index in [-0.39, 0.29) is 11.1 Å². The van der Waals surface area contributed by atoms with E-state index in [4.69, 9.17) is 5.11 Å². The quantitative estimate of drug-likeness (QED) is 0.554. The zero-order chi connectivity index (χ0) is 19.1. The van der Waals surface area contributed by atoms with Crippen molar-refractivity contribution in [3.63, 3.8) is 0 Å². The van der Waals surface area contributed by atoms with Gasteiger partial charge in [-0.25, -0.2) is 18.0 Å². The Balaban J connectivity index is 2.10. The second kappa shape index (κ2) is 6.23. The average molecular weight is 376 g/mol. The summed E-state index contributed by atoms with van der Waals surface area (Å²) in [6.07, 6.45) is 4.29. The Morgan fingerprint density at radius 2 is 2.00 bits per heavy atom. The van der Waals surface area contributed by atoms with Crippen molar-refractivity contribution in [2.24, 2.45) is 0 Å². The van der Waals surface area contributed by atoms with E-state index in [0.717, 1.165) is 6.08 Å². The van der Waals surface area contributed by atoms with E-state index < -0.39 is 44.5 Å². The highest BCUT2D eigenvalue weighted by Gasteiger charge is 2.56. The summed E-state index contributed by atoms with van der Waals surface area (Å²) in [7, 11) is -3.95. The topological polar surface area (TPSA) is 142 Å². The highest BCUT2D eigenvalue weighted by molar-refractivity contribution is 7.92. The van der Waals surface area contributed by atoms with Gasteiger partial charge >= 0.3 is 11.9 Å². The monoisotopic (exact) mass is 376 g/mol. The minimum absolute atomic E-state index is 0.0799. The zero-order valence-corrected chi connectivity index (χ0v) is 13.9. The maximum absolute atomic E-state index is 12.5. The fourth-order valence-electron chi connectivity index (χ4n) is 2.81. The van der Waals surface area contributed by atoms with Crippen molar-refractivity contribution < 1.29 is 33.0 Å². The molecule has 9 nitrogen and oxygen atoms in total. The Hall–Kier alpha value is -3.27. The number of pyridine rings is 1. The van der Waals surface area contributed by atoms with Gasteiger partial charge in [-0.1, -0.05) is 6.07 Å². The van der Waals surface area contributed by atoms with E-state index in [2.05, 4.69) is 4.98 Å². The molecule has 1 aromatic heterocycles. The SMILES string of the molecule is O=C(O)C=CC1=C(C(=O)O)N2C(=O)C(=Cc3ccccn3)[C@@H]2S(=O)(=O)C1. The van der Waals surface area contributed by atoms with Gasteiger partial charge in [0.15, 0.2) is 15.2 Å². The number of rotatable bonds is 4. The molecule has 2 N–H and O–H groups in total. The lowest BCUT2D eigenvalue weighted by Crippen LogP contribution is -2.62. The van der Waals surface area contributed by atoms with Crippen LogP contribution in [0.25, 0.3) is 6.08 Å². The number of carbonyl (C=O) groups excluding carboxylic acids is 1. The summed E-state index contributed by atoms with van der Waals surface area (Å²) in [4.78, 5) is 39.3. The molecule has 1 saturated heterocycles. The summed E-state index contributed by atoms with van der Waals surface area (Å²) in [5, 5.41) is 16.7. The molecule has 1 atom stereocenters. The van der Waals surface area contributed by atoms with E-state index in [9.17, 15) is 27.9 Å². The predicted octanol–water partition coefficient (Wildman–Crippen LogP) is 0.0412. The first-order valence-electron chi connectivity index (χ1n) is 7.27. The maximum Gasteiger partial charge on any atom is 0.352 e. The van der Waals surface area contributed by atoms with Gasteiger partial charge in [-0.2, -0.15) is 0 Å². The van der Waals surface area contributed by atoms with Crippen LogP contribution < -0.4 is 0 Å². The number of β-lactam (4-membered cyclic amide) rings is 1. The van der Waals surface area contributed by atoms with Gasteiger partial charge in [0.1, 0.15) is 5.70 Å². The minimum Gasteiger partial charge on any atom is -0.478 e. The van der Waals surface area contributed by atoms with Crippen molar-refractivity contribution >= 4 is 33.8 Å². The Labute approximate surface area is 147 Å². The van der Waals surface area contributed by atoms with Crippen LogP contribution in [-0.4, -0.2) is 57.5 Å². The molecule has 2 aliphatic rings. The van der Waals surface area contributed by atoms with Crippen LogP contribution in [-0.2, 0) is 24.2 Å². The van der Waals surface area contributed by atoms with Crippen LogP contribution in [0.2, 0.25) is 0 Å². The molecule has 0 unspecified atom stereocenters. The molecule has 2 aliphatic heterocycles. The first-order valence-corrected chi connectivity index (χ1v) is 8.99. The van der Waals surface area contributed by atoms with E-state index in [1.54, 1.807) is 18.2 Å². The Morgan fingerprint density at radius 1 is 1.27 bits per heavy atom. The summed E-state index contributed by atoms with van der Waals surface area (Å²) in [6, 6.07) is 4.89. The molecule has 0 saturated carbocycles. The third-order valence-corrected chi connectivity index (χ3v) is 5.69. The number of aliphatic carboxylic acids is 2. The molecule has 10 heteroatoms. The van der Waals surface area contributed by atoms with Crippen molar-refractivity contribution in [3.8, 4) is 0 Å². The molecule has 134 valence electrons. The van der Waals surface area contributed by atoms with Gasteiger partial charge < -0.3 is 10.2 Å². The molecule has 3 rings (SSSR count). The lowest BCUT2D eigenvalue weighted by Gasteiger charge is -2.45. The molecular weight excluding hydrogens is 364 g/mol. The zero-order valence-electron chi connectivity index (χ0n) is 13.1. The number of fused-ring (bicyclic) bond motifs is 1. The third-order valence-electron chi connectivity index (χ3n) is 3.83. The van der Waals surface area contributed by atoms with Crippen molar-refractivity contribution in [3.05, 3.63) is 59.1 Å². The van der Waals surface area contributed by atoms with Crippen LogP contribution in [0.5, 0.6) is 0 Å². The van der Waals surface area contributed by atoms with Gasteiger partial charge in [0.2, 0.25) is 0 Å². The summed E-state index contributed by atoms with van der Waals surface area (Å²) >= 11 is 0. The number of sulfone groups is 1. The van der Waals surface area contributed by atoms with Gasteiger partial charge in [0.05, 0.1) is 17.0 Å². The standard InChI is InChI=1S/C16H12N2O7S/c19-12(20)5-4-9-8-26(24,25)15-11(7-10-3-1-2-6-17-10)14(21)18(15)13(9)16(22)23/h1-7,15H,8H2,(H,19,20)(H,22,23)/t15-/m0/s1. The van der Waals surface area contributed by atoms with Crippen molar-refractivity contribution in [1.29, 1.82) is 0 Å². The van der Waals surface area contributed by atoms with Gasteiger partial charge in [-0.3, -0.25) is 14.7 Å². The van der Waals surface area contributed by atoms with Crippen LogP contribution in [0.15, 0.2) is 53.4 Å². The van der Waals surface area contributed by atoms with Gasteiger partial charge in [-0.05, 0) is 29.9 Å². The molecule has 1 amide bonds. The highest BCUT2D eigenvalue weighted by Crippen LogP contribution is 2.41. The molecule has 0 radical (unpaired) electrons. The minimum atomic E-state index is -3.95. The summed E-state index contributed by atoms with van der Waals surface area (Å²) in [5.41, 5.74) is -0.515. The number of carbonyl (C=O) groups is 3. The number of nitrogens with zero attached hydrogens (tertiary/aromatic N) is 2. The fraction of sp³-hybridized carbons (Fsp3) is 0.125. The maximum atomic E-state index is 12.5. The number of carboxylic acid groups (broad SMARTS) is 2. The normalized spacial score (nSPS) is 23.1. The second-order valence-electron chi connectivity index (χ2n) is 5.54. The van der Waals surface area contributed by atoms with Gasteiger partial charge in [0.25, 0.3) is 5.91 Å². The summed E-state index contributed by atoms with van der Waals surface area (Å²) in [6.45, 7) is 0. The predicted molar refractivity (Wildman–Crippen MR) is 88.1 cm³/mol. The highest BCUT2D eigenvalue weighted by atomic mass is 32.2. The molecular formula is C16H12N2O7S. The summed E-state index contributed by atoms with van der Waals surface area (Å²) in [5.74, 6) is -4.35. The molecule has 0 aliphatic carbocycles. The van der Waals surface area contributed by atoms with Crippen LogP contribution in [0, 0.1) is 0 Å². The van der Waals surface area contributed by atoms with Crippen LogP contribution in [0.3, 0.4) is 0 Å². The van der Waals surface area contributed by atoms with E-state index in [1.807, 2.05) is 0 Å². The molecule has 1 fully saturated rings. The number of carboxylic acids is 2. The number of hydrogen-bond acceptors (Lipinski definition) is 6. The lowest BCUT2D eigenvalue weighted by molar-refractivity contribution is -0.141. The summed E-state index contributed by atoms with van der Waals surface area (Å²) < 4.78 is 25.1. The van der Waals surface area contributed by atoms with Crippen molar-refractivity contribution in [1.82, 2.24) is 9.88 Å². The average Bonchev–Trinajstić information content (AvgIpc) is 2.57. The Bertz CT molecular complexity index is 1010. The molecule has 0 bridgehead atoms.